The van der Waals surface area contributed by atoms with Crippen LogP contribution in [-0.2, 0) is 0 Å². The number of rotatable bonds is 7. The Morgan fingerprint density at radius 1 is 1.08 bits per heavy atom. The second-order valence-electron chi connectivity index (χ2n) is 4.14. The zero-order valence-electron chi connectivity index (χ0n) is 9.19. The highest BCUT2D eigenvalue weighted by molar-refractivity contribution is 4.60. The van der Waals surface area contributed by atoms with Gasteiger partial charge in [-0.25, -0.2) is 0 Å². The molecule has 0 heterocycles. The normalized spacial score (nSPS) is 13.8. The highest BCUT2D eigenvalue weighted by Crippen LogP contribution is 2.17. The van der Waals surface area contributed by atoms with Crippen molar-refractivity contribution in [1.29, 1.82) is 0 Å². The molecule has 1 N–H and O–H groups in total. The van der Waals surface area contributed by atoms with E-state index < -0.39 is 0 Å². The Morgan fingerprint density at radius 2 is 1.75 bits per heavy atom. The van der Waals surface area contributed by atoms with Crippen LogP contribution in [0.5, 0.6) is 0 Å². The predicted octanol–water partition coefficient (Wildman–Crippen LogP) is 3.06. The minimum absolute atomic E-state index is 0.869. The first-order valence-electron chi connectivity index (χ1n) is 5.35. The molecule has 0 aliphatic heterocycles. The van der Waals surface area contributed by atoms with Crippen molar-refractivity contribution in [2.45, 2.75) is 46.5 Å². The molecule has 12 heavy (non-hydrogen) atoms. The molecule has 1 heteroatoms. The van der Waals surface area contributed by atoms with Crippen LogP contribution in [0.2, 0.25) is 0 Å². The highest BCUT2D eigenvalue weighted by Gasteiger charge is 2.06. The predicted molar refractivity (Wildman–Crippen MR) is 56.4 cm³/mol. The molecule has 0 aliphatic rings. The molecular weight excluding hydrogens is 146 g/mol. The van der Waals surface area contributed by atoms with Gasteiger partial charge in [0.25, 0.3) is 0 Å². The summed E-state index contributed by atoms with van der Waals surface area (Å²) in [7, 11) is 2.04. The molecule has 0 fully saturated rings. The van der Waals surface area contributed by atoms with Crippen LogP contribution in [0.3, 0.4) is 0 Å². The lowest BCUT2D eigenvalue weighted by atomic mass is 9.93. The van der Waals surface area contributed by atoms with E-state index in [1.54, 1.807) is 0 Å². The van der Waals surface area contributed by atoms with E-state index in [1.165, 1.54) is 32.2 Å². The monoisotopic (exact) mass is 171 g/mol. The van der Waals surface area contributed by atoms with Gasteiger partial charge in [0.15, 0.2) is 0 Å². The molecule has 0 saturated carbocycles. The van der Waals surface area contributed by atoms with Crippen molar-refractivity contribution >= 4 is 0 Å². The lowest BCUT2D eigenvalue weighted by Gasteiger charge is -2.15. The minimum atomic E-state index is 0.869. The van der Waals surface area contributed by atoms with Gasteiger partial charge in [0.1, 0.15) is 0 Å². The van der Waals surface area contributed by atoms with Crippen LogP contribution in [0.15, 0.2) is 0 Å². The van der Waals surface area contributed by atoms with E-state index in [9.17, 15) is 0 Å². The molecule has 0 aromatic heterocycles. The first-order chi connectivity index (χ1) is 5.70. The lowest BCUT2D eigenvalue weighted by Crippen LogP contribution is -2.13. The Kier molecular flexibility index (Phi) is 7.58. The zero-order valence-corrected chi connectivity index (χ0v) is 9.19. The summed E-state index contributed by atoms with van der Waals surface area (Å²) in [5.74, 6) is 1.81. The maximum Gasteiger partial charge on any atom is -0.00493 e. The smallest absolute Gasteiger partial charge is 0.00493 e. The van der Waals surface area contributed by atoms with Crippen LogP contribution in [0, 0.1) is 11.8 Å². The summed E-state index contributed by atoms with van der Waals surface area (Å²) in [6.07, 6.45) is 5.49. The van der Waals surface area contributed by atoms with Gasteiger partial charge in [-0.15, -0.1) is 0 Å². The molecule has 1 unspecified atom stereocenters. The number of hydrogen-bond donors (Lipinski definition) is 1. The van der Waals surface area contributed by atoms with Crippen molar-refractivity contribution in [2.75, 3.05) is 13.6 Å². The fourth-order valence-corrected chi connectivity index (χ4v) is 1.47. The molecule has 0 saturated heterocycles. The Morgan fingerprint density at radius 3 is 2.17 bits per heavy atom. The van der Waals surface area contributed by atoms with Crippen molar-refractivity contribution in [2.24, 2.45) is 11.8 Å². The fraction of sp³-hybridized carbons (Fsp3) is 1.00. The third kappa shape index (κ3) is 6.66. The van der Waals surface area contributed by atoms with Gasteiger partial charge in [0.2, 0.25) is 0 Å². The topological polar surface area (TPSA) is 12.0 Å². The average molecular weight is 171 g/mol. The highest BCUT2D eigenvalue weighted by atomic mass is 14.8. The Hall–Kier alpha value is -0.0400. The molecule has 0 amide bonds. The molecule has 0 spiro atoms. The maximum absolute atomic E-state index is 3.22. The molecule has 0 rings (SSSR count). The van der Waals surface area contributed by atoms with Crippen molar-refractivity contribution < 1.29 is 0 Å². The third-order valence-corrected chi connectivity index (χ3v) is 2.53. The molecule has 1 atom stereocenters. The average Bonchev–Trinajstić information content (AvgIpc) is 2.05. The zero-order chi connectivity index (χ0) is 9.40. The van der Waals surface area contributed by atoms with Gasteiger partial charge in [-0.05, 0) is 31.8 Å². The van der Waals surface area contributed by atoms with E-state index in [0.29, 0.717) is 0 Å². The molecule has 0 bridgehead atoms. The van der Waals surface area contributed by atoms with Crippen molar-refractivity contribution in [3.05, 3.63) is 0 Å². The van der Waals surface area contributed by atoms with Gasteiger partial charge >= 0.3 is 0 Å². The summed E-state index contributed by atoms with van der Waals surface area (Å²) in [6, 6.07) is 0. The van der Waals surface area contributed by atoms with Gasteiger partial charge in [-0.1, -0.05) is 40.0 Å². The van der Waals surface area contributed by atoms with Gasteiger partial charge in [-0.3, -0.25) is 0 Å². The first-order valence-corrected chi connectivity index (χ1v) is 5.35. The van der Waals surface area contributed by atoms with Crippen LogP contribution in [0.1, 0.15) is 46.5 Å². The van der Waals surface area contributed by atoms with Gasteiger partial charge in [-0.2, -0.15) is 0 Å². The van der Waals surface area contributed by atoms with E-state index in [4.69, 9.17) is 0 Å². The van der Waals surface area contributed by atoms with Crippen molar-refractivity contribution in [3.63, 3.8) is 0 Å². The van der Waals surface area contributed by atoms with E-state index in [2.05, 4.69) is 26.1 Å². The number of nitrogens with one attached hydrogen (secondary N) is 1. The molecule has 0 radical (unpaired) electrons. The second kappa shape index (κ2) is 7.60. The Balaban J connectivity index is 3.39. The summed E-state index contributed by atoms with van der Waals surface area (Å²) < 4.78 is 0. The fourth-order valence-electron chi connectivity index (χ4n) is 1.47. The standard InChI is InChI=1S/C11H25N/c1-5-11(8-9-12-4)7-6-10(2)3/h10-12H,5-9H2,1-4H3. The summed E-state index contributed by atoms with van der Waals surface area (Å²) in [5, 5.41) is 3.22. The van der Waals surface area contributed by atoms with Gasteiger partial charge < -0.3 is 5.32 Å². The molecule has 0 aliphatic carbocycles. The molecule has 0 aromatic rings. The van der Waals surface area contributed by atoms with Crippen molar-refractivity contribution in [3.8, 4) is 0 Å². The lowest BCUT2D eigenvalue weighted by molar-refractivity contribution is 0.387. The van der Waals surface area contributed by atoms with E-state index in [0.717, 1.165) is 11.8 Å². The van der Waals surface area contributed by atoms with Crippen LogP contribution < -0.4 is 5.32 Å². The largest absolute Gasteiger partial charge is 0.320 e. The third-order valence-electron chi connectivity index (χ3n) is 2.53. The molecule has 74 valence electrons. The first kappa shape index (κ1) is 12.0. The van der Waals surface area contributed by atoms with E-state index in [1.807, 2.05) is 7.05 Å². The van der Waals surface area contributed by atoms with Gasteiger partial charge in [0.05, 0.1) is 0 Å². The van der Waals surface area contributed by atoms with E-state index in [-0.39, 0.29) is 0 Å². The van der Waals surface area contributed by atoms with Crippen LogP contribution in [0.25, 0.3) is 0 Å². The van der Waals surface area contributed by atoms with Crippen LogP contribution >= 0.6 is 0 Å². The van der Waals surface area contributed by atoms with Crippen LogP contribution in [0.4, 0.5) is 0 Å². The SMILES string of the molecule is CCC(CCNC)CCC(C)C. The van der Waals surface area contributed by atoms with Crippen LogP contribution in [-0.4, -0.2) is 13.6 Å². The minimum Gasteiger partial charge on any atom is -0.320 e. The summed E-state index contributed by atoms with van der Waals surface area (Å²) >= 11 is 0. The summed E-state index contributed by atoms with van der Waals surface area (Å²) in [6.45, 7) is 8.10. The summed E-state index contributed by atoms with van der Waals surface area (Å²) in [5.41, 5.74) is 0. The molecular formula is C11H25N. The molecule has 0 aromatic carbocycles. The Labute approximate surface area is 77.9 Å². The number of hydrogen-bond acceptors (Lipinski definition) is 1. The van der Waals surface area contributed by atoms with Gasteiger partial charge in [0, 0.05) is 0 Å². The Bertz CT molecular complexity index is 89.0. The molecule has 1 nitrogen and oxygen atoms in total. The summed E-state index contributed by atoms with van der Waals surface area (Å²) in [4.78, 5) is 0. The maximum atomic E-state index is 3.22. The van der Waals surface area contributed by atoms with Crippen molar-refractivity contribution in [1.82, 2.24) is 5.32 Å². The van der Waals surface area contributed by atoms with E-state index >= 15 is 0 Å². The quantitative estimate of drug-likeness (QED) is 0.621. The second-order valence-corrected chi connectivity index (χ2v) is 4.14.